The maximum absolute atomic E-state index is 11.9. The van der Waals surface area contributed by atoms with Crippen molar-refractivity contribution in [1.29, 1.82) is 0 Å². The molecule has 1 amide bonds. The SMILES string of the molecule is CCCCCCCC/C=C\CCCCCCCC(=O)N(O)CCN(CC)CC(=O)O.[Na]. The van der Waals surface area contributed by atoms with Crippen LogP contribution in [0.25, 0.3) is 0 Å². The molecule has 6 nitrogen and oxygen atoms in total. The molecule has 177 valence electrons. The maximum atomic E-state index is 11.9. The summed E-state index contributed by atoms with van der Waals surface area (Å²) < 4.78 is 0. The monoisotopic (exact) mass is 449 g/mol. The number of hydrogen-bond donors (Lipinski definition) is 2. The zero-order chi connectivity index (χ0) is 22.5. The number of amides is 1. The number of carbonyl (C=O) groups excluding carboxylic acids is 1. The second-order valence-corrected chi connectivity index (χ2v) is 8.11. The van der Waals surface area contributed by atoms with Gasteiger partial charge in [-0.15, -0.1) is 0 Å². The molecule has 0 heterocycles. The summed E-state index contributed by atoms with van der Waals surface area (Å²) in [5, 5.41) is 19.4. The largest absolute Gasteiger partial charge is 0.480 e. The van der Waals surface area contributed by atoms with Gasteiger partial charge < -0.3 is 5.11 Å². The predicted molar refractivity (Wildman–Crippen MR) is 128 cm³/mol. The third-order valence-electron chi connectivity index (χ3n) is 5.37. The van der Waals surface area contributed by atoms with E-state index in [9.17, 15) is 14.8 Å². The molecule has 0 rings (SSSR count). The van der Waals surface area contributed by atoms with E-state index in [0.717, 1.165) is 30.7 Å². The number of hydrogen-bond acceptors (Lipinski definition) is 4. The zero-order valence-corrected chi connectivity index (χ0v) is 22.5. The number of carbonyl (C=O) groups is 2. The molecule has 0 fully saturated rings. The number of nitrogens with zero attached hydrogens (tertiary/aromatic N) is 2. The number of unbranched alkanes of at least 4 members (excludes halogenated alkanes) is 11. The molecule has 1 radical (unpaired) electrons. The Morgan fingerprint density at radius 2 is 1.29 bits per heavy atom. The van der Waals surface area contributed by atoms with E-state index >= 15 is 0 Å². The zero-order valence-electron chi connectivity index (χ0n) is 20.5. The van der Waals surface area contributed by atoms with Crippen LogP contribution in [0.15, 0.2) is 12.2 Å². The fourth-order valence-corrected chi connectivity index (χ4v) is 3.38. The molecule has 0 saturated heterocycles. The van der Waals surface area contributed by atoms with Gasteiger partial charge in [0.1, 0.15) is 0 Å². The fraction of sp³-hybridized carbons (Fsp3) is 0.833. The quantitative estimate of drug-likeness (QED) is 0.0820. The molecule has 0 atom stereocenters. The predicted octanol–water partition coefficient (Wildman–Crippen LogP) is 5.27. The van der Waals surface area contributed by atoms with Crippen LogP contribution < -0.4 is 0 Å². The molecule has 0 aromatic carbocycles. The van der Waals surface area contributed by atoms with Crippen LogP contribution in [0.3, 0.4) is 0 Å². The van der Waals surface area contributed by atoms with Crippen LogP contribution in [-0.2, 0) is 9.59 Å². The molecular weight excluding hydrogens is 403 g/mol. The van der Waals surface area contributed by atoms with Gasteiger partial charge in [-0.2, -0.15) is 0 Å². The van der Waals surface area contributed by atoms with Crippen LogP contribution in [0.4, 0.5) is 0 Å². The van der Waals surface area contributed by atoms with E-state index in [2.05, 4.69) is 19.1 Å². The standard InChI is InChI=1S/C24H46N2O4.Na/c1-3-5-6-7-8-9-10-11-12-13-14-15-16-17-18-19-23(27)26(30)21-20-25(4-2)22-24(28)29;/h11-12,30H,3-10,13-22H2,1-2H3,(H,28,29);/b12-11-;. The topological polar surface area (TPSA) is 81.1 Å². The van der Waals surface area contributed by atoms with E-state index in [1.807, 2.05) is 6.92 Å². The molecule has 0 unspecified atom stereocenters. The molecule has 0 aliphatic rings. The molecule has 0 saturated carbocycles. The molecule has 0 aliphatic carbocycles. The van der Waals surface area contributed by atoms with Crippen LogP contribution in [0.1, 0.15) is 104 Å². The van der Waals surface area contributed by atoms with Crippen molar-refractivity contribution < 1.29 is 19.9 Å². The first-order valence-electron chi connectivity index (χ1n) is 12.1. The Labute approximate surface area is 212 Å². The van der Waals surface area contributed by atoms with E-state index in [1.54, 1.807) is 4.90 Å². The van der Waals surface area contributed by atoms with Gasteiger partial charge in [-0.3, -0.25) is 19.7 Å². The van der Waals surface area contributed by atoms with Crippen molar-refractivity contribution in [1.82, 2.24) is 9.96 Å². The minimum absolute atomic E-state index is 0. The van der Waals surface area contributed by atoms with E-state index in [0.29, 0.717) is 19.5 Å². The molecular formula is C24H46N2NaO4. The van der Waals surface area contributed by atoms with Crippen molar-refractivity contribution in [2.75, 3.05) is 26.2 Å². The fourth-order valence-electron chi connectivity index (χ4n) is 3.38. The van der Waals surface area contributed by atoms with Crippen LogP contribution in [0, 0.1) is 0 Å². The Morgan fingerprint density at radius 1 is 0.774 bits per heavy atom. The molecule has 31 heavy (non-hydrogen) atoms. The molecule has 7 heteroatoms. The van der Waals surface area contributed by atoms with Crippen molar-refractivity contribution >= 4 is 41.4 Å². The number of likely N-dealkylation sites (N-methyl/N-ethyl adjacent to an activating group) is 1. The number of allylic oxidation sites excluding steroid dienone is 2. The summed E-state index contributed by atoms with van der Waals surface area (Å²) in [6.07, 6.45) is 20.7. The second-order valence-electron chi connectivity index (χ2n) is 8.11. The molecule has 0 aliphatic heterocycles. The maximum Gasteiger partial charge on any atom is 0.317 e. The van der Waals surface area contributed by atoms with Gasteiger partial charge >= 0.3 is 5.97 Å². The van der Waals surface area contributed by atoms with E-state index in [4.69, 9.17) is 5.11 Å². The van der Waals surface area contributed by atoms with E-state index < -0.39 is 5.97 Å². The molecule has 0 aromatic rings. The summed E-state index contributed by atoms with van der Waals surface area (Å²) in [5.41, 5.74) is 0. The van der Waals surface area contributed by atoms with E-state index in [-0.39, 0.29) is 48.6 Å². The van der Waals surface area contributed by atoms with E-state index in [1.165, 1.54) is 57.8 Å². The average molecular weight is 450 g/mol. The summed E-state index contributed by atoms with van der Waals surface area (Å²) in [6, 6.07) is 0. The third-order valence-corrected chi connectivity index (χ3v) is 5.37. The Balaban J connectivity index is 0. The van der Waals surface area contributed by atoms with Gasteiger partial charge in [-0.1, -0.05) is 77.4 Å². The smallest absolute Gasteiger partial charge is 0.317 e. The first-order chi connectivity index (χ1) is 14.5. The molecule has 2 N–H and O–H groups in total. The summed E-state index contributed by atoms with van der Waals surface area (Å²) in [4.78, 5) is 24.3. The number of carboxylic acids is 1. The number of rotatable bonds is 21. The van der Waals surface area contributed by atoms with Crippen LogP contribution >= 0.6 is 0 Å². The normalized spacial score (nSPS) is 11.1. The van der Waals surface area contributed by atoms with Crippen LogP contribution in [-0.4, -0.2) is 87.9 Å². The van der Waals surface area contributed by atoms with Crippen molar-refractivity contribution in [3.8, 4) is 0 Å². The minimum atomic E-state index is -0.902. The van der Waals surface area contributed by atoms with Crippen molar-refractivity contribution in [2.24, 2.45) is 0 Å². The van der Waals surface area contributed by atoms with Crippen molar-refractivity contribution in [2.45, 2.75) is 104 Å². The van der Waals surface area contributed by atoms with Gasteiger partial charge in [0.05, 0.1) is 13.1 Å². The van der Waals surface area contributed by atoms with Gasteiger partial charge in [0.25, 0.3) is 0 Å². The Kier molecular flexibility index (Phi) is 25.6. The first-order valence-corrected chi connectivity index (χ1v) is 12.1. The average Bonchev–Trinajstić information content (AvgIpc) is 2.73. The molecule has 0 bridgehead atoms. The number of carboxylic acid groups (broad SMARTS) is 1. The van der Waals surface area contributed by atoms with Gasteiger partial charge in [0.15, 0.2) is 0 Å². The second kappa shape index (κ2) is 24.2. The first kappa shape index (κ1) is 32.8. The van der Waals surface area contributed by atoms with Gasteiger partial charge in [-0.25, -0.2) is 5.06 Å². The van der Waals surface area contributed by atoms with Gasteiger partial charge in [-0.05, 0) is 38.6 Å². The third kappa shape index (κ3) is 22.6. The Hall–Kier alpha value is -0.400. The molecule has 0 aromatic heterocycles. The molecule has 0 spiro atoms. The van der Waals surface area contributed by atoms with Crippen molar-refractivity contribution in [3.63, 3.8) is 0 Å². The van der Waals surface area contributed by atoms with Crippen LogP contribution in [0.2, 0.25) is 0 Å². The number of aliphatic carboxylic acids is 1. The summed E-state index contributed by atoms with van der Waals surface area (Å²) in [7, 11) is 0. The summed E-state index contributed by atoms with van der Waals surface area (Å²) >= 11 is 0. The summed E-state index contributed by atoms with van der Waals surface area (Å²) in [5.74, 6) is -1.18. The minimum Gasteiger partial charge on any atom is -0.480 e. The van der Waals surface area contributed by atoms with Gasteiger partial charge in [0.2, 0.25) is 5.91 Å². The Morgan fingerprint density at radius 3 is 1.81 bits per heavy atom. The van der Waals surface area contributed by atoms with Crippen LogP contribution in [0.5, 0.6) is 0 Å². The number of hydroxylamine groups is 2. The van der Waals surface area contributed by atoms with Gasteiger partial charge in [0, 0.05) is 42.5 Å². The van der Waals surface area contributed by atoms with Crippen molar-refractivity contribution in [3.05, 3.63) is 12.2 Å². The Bertz CT molecular complexity index is 461. The summed E-state index contributed by atoms with van der Waals surface area (Å²) in [6.45, 7) is 5.11.